The van der Waals surface area contributed by atoms with Crippen LogP contribution in [0.5, 0.6) is 0 Å². The van der Waals surface area contributed by atoms with Crippen molar-refractivity contribution < 1.29 is 17.9 Å². The van der Waals surface area contributed by atoms with E-state index in [1.165, 1.54) is 31.4 Å². The van der Waals surface area contributed by atoms with Gasteiger partial charge in [0.25, 0.3) is 0 Å². The summed E-state index contributed by atoms with van der Waals surface area (Å²) in [5, 5.41) is 0. The van der Waals surface area contributed by atoms with Crippen molar-refractivity contribution in [1.82, 2.24) is 4.72 Å². The first-order chi connectivity index (χ1) is 13.8. The Hall–Kier alpha value is -2.96. The number of ether oxygens (including phenoxy) is 1. The van der Waals surface area contributed by atoms with Gasteiger partial charge in [-0.3, -0.25) is 0 Å². The lowest BCUT2D eigenvalue weighted by molar-refractivity contribution is 0.0600. The van der Waals surface area contributed by atoms with E-state index < -0.39 is 22.0 Å². The number of carbonyl (C=O) groups excluding carboxylic acids is 1. The fraction of sp³-hybridized carbons (Fsp3) is 0.174. The molecule has 1 atom stereocenters. The summed E-state index contributed by atoms with van der Waals surface area (Å²) >= 11 is 0. The van der Waals surface area contributed by atoms with Crippen LogP contribution in [-0.2, 0) is 14.8 Å². The molecule has 3 aromatic rings. The Kier molecular flexibility index (Phi) is 6.15. The van der Waals surface area contributed by atoms with Gasteiger partial charge in [-0.25, -0.2) is 13.2 Å². The van der Waals surface area contributed by atoms with E-state index in [4.69, 9.17) is 4.74 Å². The van der Waals surface area contributed by atoms with Crippen LogP contribution in [-0.4, -0.2) is 21.5 Å². The van der Waals surface area contributed by atoms with Gasteiger partial charge in [0.05, 0.1) is 23.6 Å². The van der Waals surface area contributed by atoms with Crippen LogP contribution in [0.25, 0.3) is 0 Å². The second-order valence-electron chi connectivity index (χ2n) is 6.84. The molecule has 0 saturated carbocycles. The minimum atomic E-state index is -3.90. The van der Waals surface area contributed by atoms with Gasteiger partial charge in [0.15, 0.2) is 0 Å². The lowest BCUT2D eigenvalue weighted by Gasteiger charge is -2.22. The average molecular weight is 410 g/mol. The Bertz CT molecular complexity index is 1120. The van der Waals surface area contributed by atoms with Gasteiger partial charge in [0, 0.05) is 0 Å². The summed E-state index contributed by atoms with van der Waals surface area (Å²) in [6.07, 6.45) is 0. The monoisotopic (exact) mass is 409 g/mol. The van der Waals surface area contributed by atoms with Gasteiger partial charge in [0.2, 0.25) is 10.0 Å². The highest BCUT2D eigenvalue weighted by molar-refractivity contribution is 7.89. The second kappa shape index (κ2) is 8.59. The van der Waals surface area contributed by atoms with E-state index in [9.17, 15) is 13.2 Å². The predicted molar refractivity (Wildman–Crippen MR) is 112 cm³/mol. The second-order valence-corrected chi connectivity index (χ2v) is 8.56. The Morgan fingerprint density at radius 3 is 2.31 bits per heavy atom. The Morgan fingerprint density at radius 1 is 0.931 bits per heavy atom. The first-order valence-electron chi connectivity index (χ1n) is 9.14. The molecule has 0 heterocycles. The Balaban J connectivity index is 2.05. The molecule has 0 amide bonds. The van der Waals surface area contributed by atoms with E-state index in [1.54, 1.807) is 0 Å². The molecule has 1 N–H and O–H groups in total. The lowest BCUT2D eigenvalue weighted by Crippen LogP contribution is -2.30. The van der Waals surface area contributed by atoms with E-state index in [1.807, 2.05) is 62.4 Å². The summed E-state index contributed by atoms with van der Waals surface area (Å²) in [4.78, 5) is 11.8. The van der Waals surface area contributed by atoms with Crippen LogP contribution in [0, 0.1) is 13.8 Å². The number of aryl methyl sites for hydroxylation is 2. The third-order valence-corrected chi connectivity index (χ3v) is 6.13. The Morgan fingerprint density at radius 2 is 1.66 bits per heavy atom. The number of esters is 1. The zero-order valence-electron chi connectivity index (χ0n) is 16.5. The molecule has 29 heavy (non-hydrogen) atoms. The number of methoxy groups -OCH3 is 1. The summed E-state index contributed by atoms with van der Waals surface area (Å²) in [5.74, 6) is -0.587. The first-order valence-corrected chi connectivity index (χ1v) is 10.6. The quantitative estimate of drug-likeness (QED) is 0.621. The molecule has 6 heteroatoms. The van der Waals surface area contributed by atoms with Crippen molar-refractivity contribution in [3.05, 3.63) is 101 Å². The molecule has 0 radical (unpaired) electrons. The maximum absolute atomic E-state index is 13.2. The number of nitrogens with one attached hydrogen (secondary N) is 1. The molecule has 150 valence electrons. The van der Waals surface area contributed by atoms with Crippen LogP contribution >= 0.6 is 0 Å². The number of carbonyl (C=O) groups is 1. The summed E-state index contributed by atoms with van der Waals surface area (Å²) in [7, 11) is -2.65. The number of rotatable bonds is 6. The van der Waals surface area contributed by atoms with Crippen LogP contribution < -0.4 is 4.72 Å². The van der Waals surface area contributed by atoms with Crippen molar-refractivity contribution in [2.45, 2.75) is 24.8 Å². The average Bonchev–Trinajstić information content (AvgIpc) is 2.72. The third kappa shape index (κ3) is 4.72. The zero-order chi connectivity index (χ0) is 21.0. The van der Waals surface area contributed by atoms with Gasteiger partial charge >= 0.3 is 5.97 Å². The van der Waals surface area contributed by atoms with Crippen LogP contribution in [0.4, 0.5) is 0 Å². The van der Waals surface area contributed by atoms with E-state index in [0.717, 1.165) is 22.3 Å². The van der Waals surface area contributed by atoms with Crippen LogP contribution in [0.1, 0.15) is 38.7 Å². The van der Waals surface area contributed by atoms with Crippen molar-refractivity contribution in [2.24, 2.45) is 0 Å². The molecule has 3 aromatic carbocycles. The van der Waals surface area contributed by atoms with Crippen molar-refractivity contribution in [3.63, 3.8) is 0 Å². The molecule has 0 aliphatic carbocycles. The smallest absolute Gasteiger partial charge is 0.337 e. The van der Waals surface area contributed by atoms with Gasteiger partial charge in [-0.2, -0.15) is 4.72 Å². The number of sulfonamides is 1. The number of hydrogen-bond acceptors (Lipinski definition) is 4. The third-order valence-electron chi connectivity index (χ3n) is 4.71. The molecule has 5 nitrogen and oxygen atoms in total. The molecule has 0 aromatic heterocycles. The highest BCUT2D eigenvalue weighted by Gasteiger charge is 2.25. The fourth-order valence-electron chi connectivity index (χ4n) is 3.24. The fourth-order valence-corrected chi connectivity index (χ4v) is 4.49. The van der Waals surface area contributed by atoms with Gasteiger partial charge in [0.1, 0.15) is 0 Å². The highest BCUT2D eigenvalue weighted by Crippen LogP contribution is 2.28. The van der Waals surface area contributed by atoms with Gasteiger partial charge in [-0.05, 0) is 48.7 Å². The van der Waals surface area contributed by atoms with Gasteiger partial charge in [-0.1, -0.05) is 60.2 Å². The summed E-state index contributed by atoms with van der Waals surface area (Å²) in [6, 6.07) is 20.6. The molecular weight excluding hydrogens is 386 g/mol. The maximum atomic E-state index is 13.2. The molecule has 0 aliphatic heterocycles. The SMILES string of the molecule is COC(=O)c1cccc(S(=O)(=O)N[C@@H](c2ccccc2)c2ccc(C)cc2C)c1. The lowest BCUT2D eigenvalue weighted by atomic mass is 9.95. The topological polar surface area (TPSA) is 72.5 Å². The van der Waals surface area contributed by atoms with Crippen molar-refractivity contribution >= 4 is 16.0 Å². The van der Waals surface area contributed by atoms with E-state index >= 15 is 0 Å². The van der Waals surface area contributed by atoms with Crippen LogP contribution in [0.3, 0.4) is 0 Å². The normalized spacial score (nSPS) is 12.4. The molecule has 0 spiro atoms. The number of hydrogen-bond donors (Lipinski definition) is 1. The molecule has 3 rings (SSSR count). The molecule has 0 aliphatic rings. The minimum absolute atomic E-state index is 0.00564. The van der Waals surface area contributed by atoms with E-state index in [2.05, 4.69) is 4.72 Å². The summed E-state index contributed by atoms with van der Waals surface area (Å²) in [5.41, 5.74) is 3.97. The predicted octanol–water partition coefficient (Wildman–Crippen LogP) is 4.16. The molecule has 0 unspecified atom stereocenters. The minimum Gasteiger partial charge on any atom is -0.465 e. The highest BCUT2D eigenvalue weighted by atomic mass is 32.2. The Labute approximate surface area is 171 Å². The first kappa shape index (κ1) is 20.8. The number of benzene rings is 3. The summed E-state index contributed by atoms with van der Waals surface area (Å²) < 4.78 is 33.8. The van der Waals surface area contributed by atoms with Gasteiger partial charge < -0.3 is 4.74 Å². The summed E-state index contributed by atoms with van der Waals surface area (Å²) in [6.45, 7) is 3.96. The van der Waals surface area contributed by atoms with Gasteiger partial charge in [-0.15, -0.1) is 0 Å². The maximum Gasteiger partial charge on any atom is 0.337 e. The van der Waals surface area contributed by atoms with Crippen molar-refractivity contribution in [1.29, 1.82) is 0 Å². The molecular formula is C23H23NO4S. The molecule has 0 bridgehead atoms. The van der Waals surface area contributed by atoms with E-state index in [0.29, 0.717) is 0 Å². The standard InChI is InChI=1S/C23H23NO4S/c1-16-12-13-21(17(2)14-16)22(18-8-5-4-6-9-18)24-29(26,27)20-11-7-10-19(15-20)23(25)28-3/h4-15,22,24H,1-3H3/t22-/m0/s1. The molecule has 0 saturated heterocycles. The largest absolute Gasteiger partial charge is 0.465 e. The van der Waals surface area contributed by atoms with Crippen LogP contribution in [0.15, 0.2) is 77.7 Å². The van der Waals surface area contributed by atoms with Crippen molar-refractivity contribution in [3.8, 4) is 0 Å². The molecule has 0 fully saturated rings. The van der Waals surface area contributed by atoms with Crippen LogP contribution in [0.2, 0.25) is 0 Å². The van der Waals surface area contributed by atoms with E-state index in [-0.39, 0.29) is 10.5 Å². The van der Waals surface area contributed by atoms with Crippen molar-refractivity contribution in [2.75, 3.05) is 7.11 Å². The zero-order valence-corrected chi connectivity index (χ0v) is 17.4.